The zero-order valence-corrected chi connectivity index (χ0v) is 11.8. The minimum atomic E-state index is -0.246. The van der Waals surface area contributed by atoms with Crippen molar-refractivity contribution in [3.63, 3.8) is 0 Å². The predicted molar refractivity (Wildman–Crippen MR) is 85.0 cm³/mol. The lowest BCUT2D eigenvalue weighted by molar-refractivity contribution is 0.0957. The molecule has 4 nitrogen and oxygen atoms in total. The van der Waals surface area contributed by atoms with Crippen LogP contribution >= 0.6 is 11.3 Å². The van der Waals surface area contributed by atoms with Crippen LogP contribution in [0.15, 0.2) is 59.0 Å². The molecule has 0 atom stereocenters. The molecule has 21 heavy (non-hydrogen) atoms. The number of hydrogen-bond donors (Lipinski definition) is 2. The highest BCUT2D eigenvalue weighted by molar-refractivity contribution is 7.17. The molecule has 1 heterocycles. The molecule has 2 N–H and O–H groups in total. The van der Waals surface area contributed by atoms with E-state index in [0.29, 0.717) is 11.1 Å². The van der Waals surface area contributed by atoms with Gasteiger partial charge in [0.05, 0.1) is 11.8 Å². The first-order valence-corrected chi connectivity index (χ1v) is 7.21. The van der Waals surface area contributed by atoms with Crippen LogP contribution < -0.4 is 5.43 Å². The van der Waals surface area contributed by atoms with E-state index in [4.69, 9.17) is 0 Å². The van der Waals surface area contributed by atoms with Crippen LogP contribution in [-0.2, 0) is 0 Å². The molecule has 0 aliphatic heterocycles. The van der Waals surface area contributed by atoms with Crippen LogP contribution in [0.25, 0.3) is 10.1 Å². The maximum absolute atomic E-state index is 12.1. The van der Waals surface area contributed by atoms with E-state index in [1.54, 1.807) is 24.3 Å². The van der Waals surface area contributed by atoms with Crippen molar-refractivity contribution in [1.29, 1.82) is 0 Å². The molecule has 2 aromatic carbocycles. The minimum absolute atomic E-state index is 0.161. The first-order valence-electron chi connectivity index (χ1n) is 6.33. The van der Waals surface area contributed by atoms with Gasteiger partial charge in [0.25, 0.3) is 5.91 Å². The summed E-state index contributed by atoms with van der Waals surface area (Å²) in [5.74, 6) is -0.0852. The number of carbonyl (C=O) groups excluding carboxylic acids is 1. The van der Waals surface area contributed by atoms with Gasteiger partial charge in [-0.25, -0.2) is 5.43 Å². The Morgan fingerprint density at radius 1 is 1.19 bits per heavy atom. The number of thiophene rings is 1. The molecular weight excluding hydrogens is 284 g/mol. The predicted octanol–water partition coefficient (Wildman–Crippen LogP) is 3.37. The fraction of sp³-hybridized carbons (Fsp3) is 0. The number of benzene rings is 2. The minimum Gasteiger partial charge on any atom is -0.508 e. The molecule has 0 radical (unpaired) electrons. The zero-order valence-electron chi connectivity index (χ0n) is 11.0. The third-order valence-electron chi connectivity index (χ3n) is 2.98. The number of hydrazone groups is 1. The Balaban J connectivity index is 1.75. The Kier molecular flexibility index (Phi) is 3.66. The summed E-state index contributed by atoms with van der Waals surface area (Å²) in [6.07, 6.45) is 1.49. The molecule has 3 rings (SSSR count). The number of nitrogens with zero attached hydrogens (tertiary/aromatic N) is 1. The first kappa shape index (κ1) is 13.3. The van der Waals surface area contributed by atoms with Crippen molar-refractivity contribution in [3.8, 4) is 5.75 Å². The second kappa shape index (κ2) is 5.76. The number of hydrogen-bond acceptors (Lipinski definition) is 4. The average Bonchev–Trinajstić information content (AvgIpc) is 2.91. The van der Waals surface area contributed by atoms with Crippen molar-refractivity contribution >= 4 is 33.5 Å². The van der Waals surface area contributed by atoms with E-state index >= 15 is 0 Å². The average molecular weight is 296 g/mol. The summed E-state index contributed by atoms with van der Waals surface area (Å²) in [7, 11) is 0. The van der Waals surface area contributed by atoms with Gasteiger partial charge >= 0.3 is 0 Å². The highest BCUT2D eigenvalue weighted by Gasteiger charge is 2.10. The van der Waals surface area contributed by atoms with E-state index < -0.39 is 0 Å². The van der Waals surface area contributed by atoms with Gasteiger partial charge in [-0.3, -0.25) is 4.79 Å². The van der Waals surface area contributed by atoms with E-state index in [-0.39, 0.29) is 11.7 Å². The normalized spacial score (nSPS) is 11.0. The highest BCUT2D eigenvalue weighted by Crippen LogP contribution is 2.25. The van der Waals surface area contributed by atoms with E-state index in [0.717, 1.165) is 10.1 Å². The van der Waals surface area contributed by atoms with Crippen molar-refractivity contribution in [3.05, 3.63) is 65.0 Å². The molecule has 0 fully saturated rings. The van der Waals surface area contributed by atoms with Crippen LogP contribution in [0.2, 0.25) is 0 Å². The molecule has 1 aromatic heterocycles. The molecule has 1 amide bonds. The molecule has 104 valence electrons. The van der Waals surface area contributed by atoms with Crippen molar-refractivity contribution < 1.29 is 9.90 Å². The lowest BCUT2D eigenvalue weighted by atomic mass is 10.2. The second-order valence-corrected chi connectivity index (χ2v) is 5.35. The summed E-state index contributed by atoms with van der Waals surface area (Å²) in [4.78, 5) is 12.1. The number of amides is 1. The summed E-state index contributed by atoms with van der Waals surface area (Å²) >= 11 is 1.53. The van der Waals surface area contributed by atoms with E-state index in [9.17, 15) is 9.90 Å². The maximum Gasteiger partial charge on any atom is 0.272 e. The van der Waals surface area contributed by atoms with Crippen LogP contribution in [-0.4, -0.2) is 17.2 Å². The number of fused-ring (bicyclic) bond motifs is 1. The van der Waals surface area contributed by atoms with E-state index in [1.165, 1.54) is 17.6 Å². The molecular formula is C16H12N2O2S. The van der Waals surface area contributed by atoms with Gasteiger partial charge < -0.3 is 5.11 Å². The molecule has 0 aliphatic carbocycles. The lowest BCUT2D eigenvalue weighted by Crippen LogP contribution is -2.17. The number of aromatic hydroxyl groups is 1. The summed E-state index contributed by atoms with van der Waals surface area (Å²) in [5, 5.41) is 16.0. The van der Waals surface area contributed by atoms with Crippen molar-refractivity contribution in [2.24, 2.45) is 5.10 Å². The van der Waals surface area contributed by atoms with Gasteiger partial charge in [-0.1, -0.05) is 30.3 Å². The third-order valence-corrected chi connectivity index (χ3v) is 3.94. The van der Waals surface area contributed by atoms with Crippen molar-refractivity contribution in [2.75, 3.05) is 0 Å². The van der Waals surface area contributed by atoms with Crippen LogP contribution in [0.3, 0.4) is 0 Å². The number of nitrogens with one attached hydrogen (secondary N) is 1. The lowest BCUT2D eigenvalue weighted by Gasteiger charge is -1.98. The van der Waals surface area contributed by atoms with Crippen LogP contribution in [0.5, 0.6) is 5.75 Å². The molecule has 0 bridgehead atoms. The molecule has 0 saturated heterocycles. The highest BCUT2D eigenvalue weighted by atomic mass is 32.1. The quantitative estimate of drug-likeness (QED) is 0.575. The van der Waals surface area contributed by atoms with Gasteiger partial charge in [-0.15, -0.1) is 11.3 Å². The largest absolute Gasteiger partial charge is 0.508 e. The summed E-state index contributed by atoms with van der Waals surface area (Å²) in [6, 6.07) is 14.4. The number of carbonyl (C=O) groups is 1. The van der Waals surface area contributed by atoms with Gasteiger partial charge in [0.15, 0.2) is 0 Å². The molecule has 0 aliphatic rings. The standard InChI is InChI=1S/C16H12N2O2S/c19-12-5-3-4-11(8-12)9-17-18-16(20)14-10-21-15-7-2-1-6-13(14)15/h1-10,19H,(H,18,20)/b17-9-. The summed E-state index contributed by atoms with van der Waals surface area (Å²) in [5.41, 5.74) is 3.83. The second-order valence-electron chi connectivity index (χ2n) is 4.44. The van der Waals surface area contributed by atoms with E-state index in [1.807, 2.05) is 29.6 Å². The molecule has 0 saturated carbocycles. The van der Waals surface area contributed by atoms with Gasteiger partial charge in [0, 0.05) is 15.5 Å². The van der Waals surface area contributed by atoms with Crippen LogP contribution in [0, 0.1) is 0 Å². The fourth-order valence-electron chi connectivity index (χ4n) is 1.98. The topological polar surface area (TPSA) is 61.7 Å². The van der Waals surface area contributed by atoms with Crippen LogP contribution in [0.1, 0.15) is 15.9 Å². The van der Waals surface area contributed by atoms with Gasteiger partial charge in [0.1, 0.15) is 5.75 Å². The van der Waals surface area contributed by atoms with Gasteiger partial charge in [-0.2, -0.15) is 5.10 Å². The zero-order chi connectivity index (χ0) is 14.7. The Bertz CT molecular complexity index is 824. The first-order chi connectivity index (χ1) is 10.2. The fourth-order valence-corrected chi connectivity index (χ4v) is 2.93. The number of phenolic OH excluding ortho intramolecular Hbond substituents is 1. The summed E-state index contributed by atoms with van der Waals surface area (Å²) in [6.45, 7) is 0. The Labute approximate surface area is 125 Å². The monoisotopic (exact) mass is 296 g/mol. The third kappa shape index (κ3) is 2.93. The Morgan fingerprint density at radius 2 is 2.05 bits per heavy atom. The molecule has 0 unspecified atom stereocenters. The smallest absolute Gasteiger partial charge is 0.272 e. The SMILES string of the molecule is O=C(N/N=C\c1cccc(O)c1)c1csc2ccccc12. The Morgan fingerprint density at radius 3 is 2.90 bits per heavy atom. The Hall–Kier alpha value is -2.66. The van der Waals surface area contributed by atoms with Gasteiger partial charge in [-0.05, 0) is 23.8 Å². The number of rotatable bonds is 3. The van der Waals surface area contributed by atoms with Gasteiger partial charge in [0.2, 0.25) is 0 Å². The van der Waals surface area contributed by atoms with Crippen molar-refractivity contribution in [2.45, 2.75) is 0 Å². The molecule has 5 heteroatoms. The maximum atomic E-state index is 12.1. The van der Waals surface area contributed by atoms with Crippen LogP contribution in [0.4, 0.5) is 0 Å². The van der Waals surface area contributed by atoms with Crippen molar-refractivity contribution in [1.82, 2.24) is 5.43 Å². The molecule has 0 spiro atoms. The summed E-state index contributed by atoms with van der Waals surface area (Å²) < 4.78 is 1.07. The van der Waals surface area contributed by atoms with E-state index in [2.05, 4.69) is 10.5 Å². The number of phenols is 1. The molecule has 3 aromatic rings.